The van der Waals surface area contributed by atoms with Crippen molar-refractivity contribution in [2.24, 2.45) is 7.05 Å². The van der Waals surface area contributed by atoms with Gasteiger partial charge < -0.3 is 19.9 Å². The number of carbonyl (C=O) groups is 1. The van der Waals surface area contributed by atoms with Crippen LogP contribution >= 0.6 is 0 Å². The molecule has 2 aromatic heterocycles. The Morgan fingerprint density at radius 1 is 0.755 bits per heavy atom. The van der Waals surface area contributed by atoms with Gasteiger partial charge >= 0.3 is 11.7 Å². The summed E-state index contributed by atoms with van der Waals surface area (Å²) < 4.78 is 15.4. The molecule has 9 nitrogen and oxygen atoms in total. The van der Waals surface area contributed by atoms with Crippen molar-refractivity contribution in [3.63, 3.8) is 0 Å². The van der Waals surface area contributed by atoms with Gasteiger partial charge in [-0.1, -0.05) is 100 Å². The summed E-state index contributed by atoms with van der Waals surface area (Å²) in [6.07, 6.45) is -0.0330. The summed E-state index contributed by atoms with van der Waals surface area (Å²) in [5.74, 6) is -0.211. The predicted octanol–water partition coefficient (Wildman–Crippen LogP) is 8.61. The molecule has 6 rings (SSSR count). The highest BCUT2D eigenvalue weighted by Gasteiger charge is 2.19. The third-order valence-electron chi connectivity index (χ3n) is 7.48. The summed E-state index contributed by atoms with van der Waals surface area (Å²) in [5.41, 5.74) is 6.91. The van der Waals surface area contributed by atoms with Crippen molar-refractivity contribution in [1.82, 2.24) is 14.1 Å². The number of imidazole rings is 1. The second-order valence-electron chi connectivity index (χ2n) is 10.7. The van der Waals surface area contributed by atoms with Crippen molar-refractivity contribution in [1.29, 1.82) is 0 Å². The summed E-state index contributed by atoms with van der Waals surface area (Å²) >= 11 is 0. The number of benzene rings is 4. The minimum Gasteiger partial charge on any atom is -0.481 e. The van der Waals surface area contributed by atoms with Crippen molar-refractivity contribution in [2.75, 3.05) is 5.32 Å². The minimum atomic E-state index is -0.871. The lowest BCUT2D eigenvalue weighted by molar-refractivity contribution is -0.136. The monoisotopic (exact) mass is 660 g/mol. The van der Waals surface area contributed by atoms with Crippen molar-refractivity contribution in [3.8, 4) is 17.4 Å². The molecule has 6 aromatic rings. The number of hydrogen-bond acceptors (Lipinski definition) is 6. The number of aromatic nitrogens is 3. The SMILES string of the molecule is CC.CC.Cc1cc(CC(=O)O)ccc1Nc1ccc2c(c1)n(C)c(=O)n2-c1ccc(OCc2ccccc2)nc1OCc1ccccc1. The molecule has 0 atom stereocenters. The second kappa shape index (κ2) is 17.4. The lowest BCUT2D eigenvalue weighted by atomic mass is 10.1. The van der Waals surface area contributed by atoms with Gasteiger partial charge in [-0.3, -0.25) is 13.9 Å². The summed E-state index contributed by atoms with van der Waals surface area (Å²) in [6, 6.07) is 34.3. The highest BCUT2D eigenvalue weighted by molar-refractivity contribution is 5.83. The van der Waals surface area contributed by atoms with Crippen LogP contribution in [0.4, 0.5) is 11.4 Å². The molecule has 49 heavy (non-hydrogen) atoms. The van der Waals surface area contributed by atoms with Crippen LogP contribution in [-0.2, 0) is 31.5 Å². The molecule has 2 heterocycles. The zero-order valence-electron chi connectivity index (χ0n) is 28.9. The molecule has 0 radical (unpaired) electrons. The topological polar surface area (TPSA) is 108 Å². The fraction of sp³-hybridized carbons (Fsp3) is 0.225. The summed E-state index contributed by atoms with van der Waals surface area (Å²) in [6.45, 7) is 10.5. The molecule has 0 bridgehead atoms. The molecular weight excluding hydrogens is 616 g/mol. The zero-order chi connectivity index (χ0) is 35.3. The average Bonchev–Trinajstić information content (AvgIpc) is 3.38. The first-order valence-corrected chi connectivity index (χ1v) is 16.5. The van der Waals surface area contributed by atoms with E-state index in [1.165, 1.54) is 0 Å². The number of anilines is 2. The number of nitrogens with zero attached hydrogens (tertiary/aromatic N) is 3. The van der Waals surface area contributed by atoms with Crippen LogP contribution in [0, 0.1) is 6.92 Å². The Labute approximate surface area is 287 Å². The van der Waals surface area contributed by atoms with E-state index in [4.69, 9.17) is 14.6 Å². The normalized spacial score (nSPS) is 10.3. The Morgan fingerprint density at radius 3 is 2.00 bits per heavy atom. The first-order valence-electron chi connectivity index (χ1n) is 16.5. The lowest BCUT2D eigenvalue weighted by Crippen LogP contribution is -2.21. The molecule has 0 aliphatic rings. The highest BCUT2D eigenvalue weighted by Crippen LogP contribution is 2.30. The number of aliphatic carboxylic acids is 1. The van der Waals surface area contributed by atoms with Gasteiger partial charge in [0.2, 0.25) is 11.8 Å². The summed E-state index contributed by atoms with van der Waals surface area (Å²) in [7, 11) is 1.73. The summed E-state index contributed by atoms with van der Waals surface area (Å²) in [5, 5.41) is 12.5. The average molecular weight is 661 g/mol. The molecule has 254 valence electrons. The third kappa shape index (κ3) is 8.96. The predicted molar refractivity (Wildman–Crippen MR) is 196 cm³/mol. The number of carboxylic acid groups (broad SMARTS) is 1. The van der Waals surface area contributed by atoms with Gasteiger partial charge in [0, 0.05) is 24.5 Å². The van der Waals surface area contributed by atoms with Crippen LogP contribution in [0.3, 0.4) is 0 Å². The van der Waals surface area contributed by atoms with Crippen LogP contribution in [0.2, 0.25) is 0 Å². The highest BCUT2D eigenvalue weighted by atomic mass is 16.5. The number of pyridine rings is 1. The molecule has 0 unspecified atom stereocenters. The Balaban J connectivity index is 0.00000130. The van der Waals surface area contributed by atoms with E-state index < -0.39 is 5.97 Å². The molecule has 0 aliphatic heterocycles. The minimum absolute atomic E-state index is 0.0330. The van der Waals surface area contributed by atoms with Gasteiger partial charge in [-0.25, -0.2) is 4.79 Å². The second-order valence-corrected chi connectivity index (χ2v) is 10.7. The molecule has 9 heteroatoms. The van der Waals surface area contributed by atoms with Crippen molar-refractivity contribution in [2.45, 2.75) is 54.3 Å². The third-order valence-corrected chi connectivity index (χ3v) is 7.48. The van der Waals surface area contributed by atoms with E-state index in [0.717, 1.165) is 33.6 Å². The number of fused-ring (bicyclic) bond motifs is 1. The van der Waals surface area contributed by atoms with Gasteiger partial charge in [0.25, 0.3) is 0 Å². The molecule has 0 spiro atoms. The van der Waals surface area contributed by atoms with E-state index in [0.29, 0.717) is 29.2 Å². The summed E-state index contributed by atoms with van der Waals surface area (Å²) in [4.78, 5) is 29.5. The van der Waals surface area contributed by atoms with Crippen LogP contribution in [0.1, 0.15) is 49.9 Å². The number of aryl methyl sites for hydroxylation is 2. The van der Waals surface area contributed by atoms with E-state index in [1.807, 2.05) is 126 Å². The van der Waals surface area contributed by atoms with E-state index in [9.17, 15) is 9.59 Å². The molecule has 0 fully saturated rings. The van der Waals surface area contributed by atoms with Crippen molar-refractivity contribution < 1.29 is 19.4 Å². The number of rotatable bonds is 11. The molecule has 2 N–H and O–H groups in total. The first-order chi connectivity index (χ1) is 23.9. The molecule has 4 aromatic carbocycles. The van der Waals surface area contributed by atoms with Gasteiger partial charge in [0.15, 0.2) is 0 Å². The Morgan fingerprint density at radius 2 is 1.39 bits per heavy atom. The number of nitrogens with one attached hydrogen (secondary N) is 1. The van der Waals surface area contributed by atoms with E-state index in [2.05, 4.69) is 10.3 Å². The van der Waals surface area contributed by atoms with Gasteiger partial charge in [-0.2, -0.15) is 4.98 Å². The molecular formula is C40H44N4O5. The quantitative estimate of drug-likeness (QED) is 0.143. The Kier molecular flexibility index (Phi) is 12.8. The fourth-order valence-electron chi connectivity index (χ4n) is 5.18. The molecule has 0 amide bonds. The fourth-order valence-corrected chi connectivity index (χ4v) is 5.18. The van der Waals surface area contributed by atoms with Gasteiger partial charge in [0.05, 0.1) is 17.5 Å². The van der Waals surface area contributed by atoms with Crippen LogP contribution in [0.15, 0.2) is 114 Å². The molecule has 0 aliphatic carbocycles. The molecule has 0 saturated heterocycles. The zero-order valence-corrected chi connectivity index (χ0v) is 28.9. The van der Waals surface area contributed by atoms with Crippen LogP contribution in [0.5, 0.6) is 11.8 Å². The van der Waals surface area contributed by atoms with Crippen molar-refractivity contribution in [3.05, 3.63) is 142 Å². The lowest BCUT2D eigenvalue weighted by Gasteiger charge is -2.14. The Hall–Kier alpha value is -5.83. The maximum Gasteiger partial charge on any atom is 0.333 e. The van der Waals surface area contributed by atoms with E-state index in [-0.39, 0.29) is 24.6 Å². The smallest absolute Gasteiger partial charge is 0.333 e. The number of hydrogen-bond donors (Lipinski definition) is 2. The Bertz CT molecular complexity index is 2040. The van der Waals surface area contributed by atoms with Crippen LogP contribution in [0.25, 0.3) is 16.7 Å². The number of ether oxygens (including phenoxy) is 2. The first kappa shape index (κ1) is 36.0. The largest absolute Gasteiger partial charge is 0.481 e. The standard InChI is InChI=1S/C36H32N4O5.2C2H6/c1-24-19-27(20-34(41)42)13-15-29(24)37-28-14-16-30-32(21-28)39(2)36(43)40(30)31-17-18-33(44-22-25-9-5-3-6-10-25)38-35(31)45-23-26-11-7-4-8-12-26;2*1-2/h3-19,21,37H,20,22-23H2,1-2H3,(H,41,42);2*1-2H3. The maximum absolute atomic E-state index is 13.7. The van der Waals surface area contributed by atoms with Crippen LogP contribution in [-0.4, -0.2) is 25.2 Å². The van der Waals surface area contributed by atoms with Crippen molar-refractivity contribution >= 4 is 28.4 Å². The van der Waals surface area contributed by atoms with E-state index >= 15 is 0 Å². The van der Waals surface area contributed by atoms with Gasteiger partial charge in [0.1, 0.15) is 18.9 Å². The maximum atomic E-state index is 13.7. The number of carboxylic acids is 1. The van der Waals surface area contributed by atoms with Crippen LogP contribution < -0.4 is 20.5 Å². The molecule has 0 saturated carbocycles. The van der Waals surface area contributed by atoms with E-state index in [1.54, 1.807) is 34.4 Å². The van der Waals surface area contributed by atoms with Gasteiger partial charge in [-0.05, 0) is 59.5 Å². The van der Waals surface area contributed by atoms with Gasteiger partial charge in [-0.15, -0.1) is 0 Å².